The Bertz CT molecular complexity index is 1130. The zero-order valence-corrected chi connectivity index (χ0v) is 19.8. The first-order valence-corrected chi connectivity index (χ1v) is 11.2. The molecule has 0 saturated heterocycles. The number of ether oxygens (including phenoxy) is 1. The highest BCUT2D eigenvalue weighted by Crippen LogP contribution is 2.39. The molecule has 0 radical (unpaired) electrons. The first-order chi connectivity index (χ1) is 16.8. The molecule has 2 aromatic carbocycles. The summed E-state index contributed by atoms with van der Waals surface area (Å²) < 4.78 is 85.3. The standard InChI is InChI=1S/C26H26F6N2O2/c1-15(2)10-23(34-19-12-17(25(27,28)29)11-18(13-19)26(30,31)32)36-14-22(24(35)33-3)21-9-8-16-6-4-5-7-20(16)21/h4-7,10-14,21,23,34H,8-9H2,1-3H3,(H,33,35)/b22-14+. The van der Waals surface area contributed by atoms with Gasteiger partial charge in [0.05, 0.1) is 23.0 Å². The molecular formula is C26H26F6N2O2. The number of rotatable bonds is 7. The number of hydrogen-bond donors (Lipinski definition) is 2. The molecule has 1 aliphatic carbocycles. The number of aryl methyl sites for hydroxylation is 1. The van der Waals surface area contributed by atoms with E-state index >= 15 is 0 Å². The number of fused-ring (bicyclic) bond motifs is 1. The summed E-state index contributed by atoms with van der Waals surface area (Å²) in [5.74, 6) is -0.662. The Morgan fingerprint density at radius 1 is 1.03 bits per heavy atom. The minimum Gasteiger partial charge on any atom is -0.474 e. The number of allylic oxidation sites excluding steroid dienone is 1. The summed E-state index contributed by atoms with van der Waals surface area (Å²) in [6.45, 7) is 3.39. The lowest BCUT2D eigenvalue weighted by Gasteiger charge is -2.21. The van der Waals surface area contributed by atoms with E-state index in [2.05, 4.69) is 10.6 Å². The molecule has 0 bridgehead atoms. The van der Waals surface area contributed by atoms with Crippen LogP contribution < -0.4 is 10.6 Å². The Kier molecular flexibility index (Phi) is 8.05. The molecule has 0 aromatic heterocycles. The molecular weight excluding hydrogens is 486 g/mol. The lowest BCUT2D eigenvalue weighted by Crippen LogP contribution is -2.25. The minimum absolute atomic E-state index is 0.0586. The number of amides is 1. The number of alkyl halides is 6. The molecule has 0 fully saturated rings. The highest BCUT2D eigenvalue weighted by Gasteiger charge is 2.37. The van der Waals surface area contributed by atoms with E-state index in [1.54, 1.807) is 13.8 Å². The van der Waals surface area contributed by atoms with Crippen LogP contribution in [-0.2, 0) is 28.3 Å². The normalized spacial score (nSPS) is 16.7. The van der Waals surface area contributed by atoms with Gasteiger partial charge in [0.15, 0.2) is 6.23 Å². The van der Waals surface area contributed by atoms with Gasteiger partial charge in [0.25, 0.3) is 5.91 Å². The van der Waals surface area contributed by atoms with E-state index < -0.39 is 41.3 Å². The Morgan fingerprint density at radius 2 is 1.64 bits per heavy atom. The van der Waals surface area contributed by atoms with Gasteiger partial charge < -0.3 is 15.4 Å². The molecule has 4 nitrogen and oxygen atoms in total. The Labute approximate surface area is 205 Å². The number of nitrogens with one attached hydrogen (secondary N) is 2. The maximum atomic E-state index is 13.3. The van der Waals surface area contributed by atoms with Gasteiger partial charge in [-0.25, -0.2) is 0 Å². The van der Waals surface area contributed by atoms with E-state index in [9.17, 15) is 31.1 Å². The number of carbonyl (C=O) groups excluding carboxylic acids is 1. The van der Waals surface area contributed by atoms with Crippen LogP contribution in [-0.4, -0.2) is 19.2 Å². The molecule has 0 spiro atoms. The van der Waals surface area contributed by atoms with Crippen LogP contribution in [0.1, 0.15) is 48.4 Å². The molecule has 2 atom stereocenters. The lowest BCUT2D eigenvalue weighted by molar-refractivity contribution is -0.143. The fraction of sp³-hybridized carbons (Fsp3) is 0.346. The second kappa shape index (κ2) is 10.7. The van der Waals surface area contributed by atoms with Crippen molar-refractivity contribution in [3.05, 3.63) is 88.2 Å². The largest absolute Gasteiger partial charge is 0.474 e. The topological polar surface area (TPSA) is 50.4 Å². The lowest BCUT2D eigenvalue weighted by atomic mass is 9.93. The zero-order chi connectivity index (χ0) is 26.7. The molecule has 1 amide bonds. The summed E-state index contributed by atoms with van der Waals surface area (Å²) in [5.41, 5.74) is -0.260. The second-order valence-electron chi connectivity index (χ2n) is 8.68. The number of anilines is 1. The predicted molar refractivity (Wildman–Crippen MR) is 124 cm³/mol. The van der Waals surface area contributed by atoms with Crippen LogP contribution in [0.25, 0.3) is 0 Å². The summed E-state index contributed by atoms with van der Waals surface area (Å²) in [6, 6.07) is 8.87. The van der Waals surface area contributed by atoms with Crippen LogP contribution in [0.5, 0.6) is 0 Å². The maximum Gasteiger partial charge on any atom is 0.416 e. The highest BCUT2D eigenvalue weighted by atomic mass is 19.4. The van der Waals surface area contributed by atoms with Crippen molar-refractivity contribution in [2.75, 3.05) is 12.4 Å². The van der Waals surface area contributed by atoms with Gasteiger partial charge in [-0.2, -0.15) is 26.3 Å². The van der Waals surface area contributed by atoms with Gasteiger partial charge in [0.2, 0.25) is 0 Å². The van der Waals surface area contributed by atoms with Crippen LogP contribution >= 0.6 is 0 Å². The molecule has 2 unspecified atom stereocenters. The van der Waals surface area contributed by atoms with Gasteiger partial charge in [0.1, 0.15) is 0 Å². The Balaban J connectivity index is 1.96. The van der Waals surface area contributed by atoms with Gasteiger partial charge in [-0.3, -0.25) is 4.79 Å². The van der Waals surface area contributed by atoms with Gasteiger partial charge in [0, 0.05) is 18.7 Å². The number of halogens is 6. The molecule has 0 heterocycles. The van der Waals surface area contributed by atoms with E-state index in [0.29, 0.717) is 29.7 Å². The Hall–Kier alpha value is -3.43. The minimum atomic E-state index is -4.98. The van der Waals surface area contributed by atoms with E-state index in [-0.39, 0.29) is 12.0 Å². The number of benzene rings is 2. The number of carbonyl (C=O) groups is 1. The fourth-order valence-electron chi connectivity index (χ4n) is 4.09. The molecule has 2 N–H and O–H groups in total. The van der Waals surface area contributed by atoms with Crippen molar-refractivity contribution in [2.45, 2.75) is 51.2 Å². The summed E-state index contributed by atoms with van der Waals surface area (Å²) in [7, 11) is 1.46. The van der Waals surface area contributed by atoms with Crippen LogP contribution in [0, 0.1) is 0 Å². The average molecular weight is 512 g/mol. The zero-order valence-electron chi connectivity index (χ0n) is 19.8. The summed E-state index contributed by atoms with van der Waals surface area (Å²) in [5, 5.41) is 5.14. The van der Waals surface area contributed by atoms with Crippen molar-refractivity contribution in [1.29, 1.82) is 0 Å². The molecule has 10 heteroatoms. The van der Waals surface area contributed by atoms with Crippen LogP contribution in [0.2, 0.25) is 0 Å². The van der Waals surface area contributed by atoms with E-state index in [4.69, 9.17) is 4.74 Å². The first kappa shape index (κ1) is 27.2. The summed E-state index contributed by atoms with van der Waals surface area (Å²) in [4.78, 5) is 12.7. The van der Waals surface area contributed by atoms with Crippen molar-refractivity contribution in [2.24, 2.45) is 0 Å². The van der Waals surface area contributed by atoms with Crippen LogP contribution in [0.4, 0.5) is 32.0 Å². The first-order valence-electron chi connectivity index (χ1n) is 11.2. The summed E-state index contributed by atoms with van der Waals surface area (Å²) >= 11 is 0. The smallest absolute Gasteiger partial charge is 0.416 e. The van der Waals surface area contributed by atoms with Crippen molar-refractivity contribution in [3.8, 4) is 0 Å². The highest BCUT2D eigenvalue weighted by molar-refractivity contribution is 5.94. The number of likely N-dealkylation sites (N-methyl/N-ethyl adjacent to an activating group) is 1. The molecule has 194 valence electrons. The third-order valence-corrected chi connectivity index (χ3v) is 5.72. The predicted octanol–water partition coefficient (Wildman–Crippen LogP) is 6.80. The second-order valence-corrected chi connectivity index (χ2v) is 8.68. The molecule has 36 heavy (non-hydrogen) atoms. The van der Waals surface area contributed by atoms with Crippen molar-refractivity contribution in [1.82, 2.24) is 5.32 Å². The SMILES string of the molecule is CNC(=O)/C(=C/OC(C=C(C)C)Nc1cc(C(F)(F)F)cc(C(F)(F)F)c1)C1CCc2ccccc21. The monoisotopic (exact) mass is 512 g/mol. The van der Waals surface area contributed by atoms with Gasteiger partial charge in [-0.15, -0.1) is 0 Å². The number of hydrogen-bond acceptors (Lipinski definition) is 3. The van der Waals surface area contributed by atoms with Crippen molar-refractivity contribution < 1.29 is 35.9 Å². The Morgan fingerprint density at radius 3 is 2.19 bits per heavy atom. The van der Waals surface area contributed by atoms with Gasteiger partial charge in [-0.05, 0) is 62.1 Å². The van der Waals surface area contributed by atoms with Crippen molar-refractivity contribution in [3.63, 3.8) is 0 Å². The molecule has 2 aromatic rings. The molecule has 3 rings (SSSR count). The van der Waals surface area contributed by atoms with Crippen LogP contribution in [0.15, 0.2) is 65.9 Å². The van der Waals surface area contributed by atoms with Gasteiger partial charge in [-0.1, -0.05) is 29.8 Å². The third-order valence-electron chi connectivity index (χ3n) is 5.72. The fourth-order valence-corrected chi connectivity index (χ4v) is 4.09. The van der Waals surface area contributed by atoms with Crippen LogP contribution in [0.3, 0.4) is 0 Å². The average Bonchev–Trinajstić information content (AvgIpc) is 3.21. The third kappa shape index (κ3) is 6.61. The van der Waals surface area contributed by atoms with E-state index in [1.807, 2.05) is 24.3 Å². The van der Waals surface area contributed by atoms with E-state index in [1.165, 1.54) is 19.4 Å². The maximum absolute atomic E-state index is 13.3. The van der Waals surface area contributed by atoms with Gasteiger partial charge >= 0.3 is 12.4 Å². The summed E-state index contributed by atoms with van der Waals surface area (Å²) in [6.07, 6.45) is -6.97. The quantitative estimate of drug-likeness (QED) is 0.141. The molecule has 1 aliphatic rings. The van der Waals surface area contributed by atoms with E-state index in [0.717, 1.165) is 17.5 Å². The molecule has 0 saturated carbocycles. The van der Waals surface area contributed by atoms with Crippen molar-refractivity contribution >= 4 is 11.6 Å². The molecule has 0 aliphatic heterocycles.